The summed E-state index contributed by atoms with van der Waals surface area (Å²) in [6, 6.07) is 23.5. The second-order valence-electron chi connectivity index (χ2n) is 10.3. The number of carbonyl (C=O) groups excluding carboxylic acids is 4. The summed E-state index contributed by atoms with van der Waals surface area (Å²) >= 11 is 0. The Hall–Kier alpha value is -6.42. The number of pyridine rings is 2. The van der Waals surface area contributed by atoms with Crippen molar-refractivity contribution >= 4 is 67.2 Å². The Balaban J connectivity index is 1.55. The summed E-state index contributed by atoms with van der Waals surface area (Å²) in [4.78, 5) is 62.4. The second-order valence-corrected chi connectivity index (χ2v) is 10.3. The van der Waals surface area contributed by atoms with E-state index in [4.69, 9.17) is 18.9 Å². The maximum Gasteiger partial charge on any atom is 0.344 e. The summed E-state index contributed by atoms with van der Waals surface area (Å²) < 4.78 is 21.4. The molecule has 0 N–H and O–H groups in total. The maximum atomic E-state index is 13.6. The van der Waals surface area contributed by atoms with Crippen molar-refractivity contribution in [1.82, 2.24) is 9.97 Å². The van der Waals surface area contributed by atoms with Crippen molar-refractivity contribution in [3.63, 3.8) is 0 Å². The number of hydrogen-bond donors (Lipinski definition) is 0. The molecule has 2 aromatic heterocycles. The minimum atomic E-state index is -0.700. The molecule has 7 aromatic rings. The van der Waals surface area contributed by atoms with Gasteiger partial charge in [0.15, 0.2) is 0 Å². The molecule has 0 aliphatic heterocycles. The molecule has 0 unspecified atom stereocenters. The molecule has 10 heteroatoms. The zero-order valence-corrected chi connectivity index (χ0v) is 24.4. The van der Waals surface area contributed by atoms with Gasteiger partial charge in [0.2, 0.25) is 0 Å². The Bertz CT molecular complexity index is 2170. The fourth-order valence-corrected chi connectivity index (χ4v) is 5.75. The Morgan fingerprint density at radius 2 is 0.848 bits per heavy atom. The van der Waals surface area contributed by atoms with Crippen LogP contribution in [0.5, 0.6) is 11.5 Å². The smallest absolute Gasteiger partial charge is 0.344 e. The molecule has 10 nitrogen and oxygen atoms in total. The highest BCUT2D eigenvalue weighted by atomic mass is 16.5. The topological polar surface area (TPSA) is 131 Å². The van der Waals surface area contributed by atoms with Gasteiger partial charge in [-0.05, 0) is 36.4 Å². The minimum Gasteiger partial charge on any atom is -0.465 e. The molecule has 0 aliphatic carbocycles. The van der Waals surface area contributed by atoms with Crippen LogP contribution in [0.2, 0.25) is 0 Å². The maximum absolute atomic E-state index is 13.6. The molecule has 0 saturated heterocycles. The van der Waals surface area contributed by atoms with E-state index in [1.54, 1.807) is 84.9 Å². The molecule has 0 spiro atoms. The van der Waals surface area contributed by atoms with Crippen LogP contribution in [0.25, 0.3) is 43.4 Å². The number of para-hydroxylation sites is 2. The number of methoxy groups -OCH3 is 2. The summed E-state index contributed by atoms with van der Waals surface area (Å²) in [6.45, 7) is 0. The van der Waals surface area contributed by atoms with Gasteiger partial charge in [-0.3, -0.25) is 9.97 Å². The second kappa shape index (κ2) is 11.3. The van der Waals surface area contributed by atoms with Gasteiger partial charge < -0.3 is 18.9 Å². The summed E-state index contributed by atoms with van der Waals surface area (Å²) in [5, 5.41) is 2.47. The predicted octanol–water partition coefficient (Wildman–Crippen LogP) is 6.54. The zero-order chi connectivity index (χ0) is 31.9. The number of fused-ring (bicyclic) bond motifs is 2. The lowest BCUT2D eigenvalue weighted by Crippen LogP contribution is -2.14. The van der Waals surface area contributed by atoms with Crippen molar-refractivity contribution in [2.24, 2.45) is 0 Å². The van der Waals surface area contributed by atoms with Gasteiger partial charge in [-0.25, -0.2) is 19.2 Å². The Morgan fingerprint density at radius 3 is 1.22 bits per heavy atom. The van der Waals surface area contributed by atoms with Crippen LogP contribution in [-0.4, -0.2) is 48.1 Å². The van der Waals surface area contributed by atoms with Gasteiger partial charge in [0, 0.05) is 44.7 Å². The highest BCUT2D eigenvalue weighted by molar-refractivity contribution is 6.36. The number of esters is 4. The first-order valence-corrected chi connectivity index (χ1v) is 14.0. The summed E-state index contributed by atoms with van der Waals surface area (Å²) in [6.07, 6.45) is 2.66. The first-order valence-electron chi connectivity index (χ1n) is 14.0. The monoisotopic (exact) mass is 610 g/mol. The normalized spacial score (nSPS) is 11.2. The highest BCUT2D eigenvalue weighted by Crippen LogP contribution is 2.42. The Kier molecular flexibility index (Phi) is 6.94. The molecule has 0 fully saturated rings. The van der Waals surface area contributed by atoms with Crippen molar-refractivity contribution < 1.29 is 38.1 Å². The van der Waals surface area contributed by atoms with E-state index < -0.39 is 23.9 Å². The third-order valence-corrected chi connectivity index (χ3v) is 7.74. The van der Waals surface area contributed by atoms with E-state index in [9.17, 15) is 19.2 Å². The first-order chi connectivity index (χ1) is 22.4. The fraction of sp³-hybridized carbons (Fsp3) is 0.0556. The lowest BCUT2D eigenvalue weighted by atomic mass is 9.89. The van der Waals surface area contributed by atoms with Gasteiger partial charge in [-0.15, -0.1) is 0 Å². The van der Waals surface area contributed by atoms with Crippen molar-refractivity contribution in [2.75, 3.05) is 14.2 Å². The van der Waals surface area contributed by atoms with Crippen molar-refractivity contribution in [1.29, 1.82) is 0 Å². The molecule has 46 heavy (non-hydrogen) atoms. The number of nitrogens with zero attached hydrogens (tertiary/aromatic N) is 2. The zero-order valence-electron chi connectivity index (χ0n) is 24.4. The molecule has 7 rings (SSSR count). The van der Waals surface area contributed by atoms with E-state index in [0.717, 1.165) is 0 Å². The number of ether oxygens (including phenoxy) is 4. The first kappa shape index (κ1) is 28.4. The molecule has 0 amide bonds. The van der Waals surface area contributed by atoms with E-state index in [1.165, 1.54) is 26.6 Å². The summed E-state index contributed by atoms with van der Waals surface area (Å²) in [5.74, 6) is -2.13. The largest absolute Gasteiger partial charge is 0.465 e. The van der Waals surface area contributed by atoms with Crippen LogP contribution in [0.15, 0.2) is 97.3 Å². The third-order valence-electron chi connectivity index (χ3n) is 7.74. The van der Waals surface area contributed by atoms with Gasteiger partial charge in [-0.1, -0.05) is 48.5 Å². The van der Waals surface area contributed by atoms with Gasteiger partial charge in [0.25, 0.3) is 0 Å². The van der Waals surface area contributed by atoms with Crippen LogP contribution in [-0.2, 0) is 9.47 Å². The molecule has 0 atom stereocenters. The summed E-state index contributed by atoms with van der Waals surface area (Å²) in [7, 11) is 2.48. The van der Waals surface area contributed by atoms with Crippen molar-refractivity contribution in [3.05, 3.63) is 120 Å². The van der Waals surface area contributed by atoms with Crippen molar-refractivity contribution in [3.8, 4) is 11.5 Å². The van der Waals surface area contributed by atoms with Gasteiger partial charge in [0.1, 0.15) is 11.5 Å². The van der Waals surface area contributed by atoms with Crippen LogP contribution >= 0.6 is 0 Å². The average molecular weight is 611 g/mol. The predicted molar refractivity (Wildman–Crippen MR) is 169 cm³/mol. The van der Waals surface area contributed by atoms with Crippen LogP contribution < -0.4 is 9.47 Å². The number of rotatable bonds is 6. The average Bonchev–Trinajstić information content (AvgIpc) is 3.09. The van der Waals surface area contributed by atoms with Gasteiger partial charge >= 0.3 is 23.9 Å². The molecule has 0 saturated carbocycles. The van der Waals surface area contributed by atoms with Crippen LogP contribution in [0.3, 0.4) is 0 Å². The lowest BCUT2D eigenvalue weighted by molar-refractivity contribution is 0.0593. The fourth-order valence-electron chi connectivity index (χ4n) is 5.75. The Morgan fingerprint density at radius 1 is 0.457 bits per heavy atom. The number of hydrogen-bond acceptors (Lipinski definition) is 10. The highest BCUT2D eigenvalue weighted by Gasteiger charge is 2.28. The standard InChI is InChI=1S/C36H22N2O8/c1-43-33(39)25-17-37-31-22-14-16-24(36(42)46-20-11-7-4-8-12-20)28-26(34(40)44-2)18-38-32(30(22)28)21-13-15-23(27(25)29(21)31)35(41)45-19-9-5-3-6-10-19/h3-18H,1-2H3. The minimum absolute atomic E-state index is 0.0528. The van der Waals surface area contributed by atoms with Gasteiger partial charge in [0.05, 0.1) is 47.5 Å². The molecule has 0 aliphatic rings. The van der Waals surface area contributed by atoms with E-state index in [2.05, 4.69) is 9.97 Å². The Labute approximate surface area is 260 Å². The van der Waals surface area contributed by atoms with Gasteiger partial charge in [-0.2, -0.15) is 0 Å². The van der Waals surface area contributed by atoms with E-state index in [-0.39, 0.29) is 33.0 Å². The third kappa shape index (κ3) is 4.51. The summed E-state index contributed by atoms with van der Waals surface area (Å²) in [5.41, 5.74) is 1.13. The molecule has 2 heterocycles. The molecule has 0 radical (unpaired) electrons. The van der Waals surface area contributed by atoms with E-state index in [1.807, 2.05) is 0 Å². The number of aromatic nitrogens is 2. The lowest BCUT2D eigenvalue weighted by Gasteiger charge is -2.18. The van der Waals surface area contributed by atoms with Crippen molar-refractivity contribution in [2.45, 2.75) is 0 Å². The van der Waals surface area contributed by atoms with Crippen LogP contribution in [0.1, 0.15) is 41.4 Å². The molecule has 224 valence electrons. The molecule has 5 aromatic carbocycles. The van der Waals surface area contributed by atoms with E-state index >= 15 is 0 Å². The molecule has 0 bridgehead atoms. The SMILES string of the molecule is COC(=O)c1cnc2c3ccc(C(=O)Oc4ccccc4)c4c(C(=O)OC)cnc(c5ccc(C(=O)Oc6ccccc6)c1c52)c43. The van der Waals surface area contributed by atoms with Crippen LogP contribution in [0, 0.1) is 0 Å². The molecular formula is C36H22N2O8. The number of carbonyl (C=O) groups is 4. The molecular weight excluding hydrogens is 588 g/mol. The quantitative estimate of drug-likeness (QED) is 0.0885. The number of benzene rings is 5. The van der Waals surface area contributed by atoms with E-state index in [0.29, 0.717) is 44.1 Å². The van der Waals surface area contributed by atoms with Crippen LogP contribution in [0.4, 0.5) is 0 Å².